The number of nitrogens with one attached hydrogen (secondary N) is 1. The Bertz CT molecular complexity index is 888. The molecule has 1 aromatic heterocycles. The number of anilines is 1. The molecule has 5 nitrogen and oxygen atoms in total. The SMILES string of the molecule is COc1cc(NC(=O)/C=C/c2ccc(Cl)cc2)ccc1-c1cnco1. The van der Waals surface area contributed by atoms with Crippen molar-refractivity contribution in [1.82, 2.24) is 4.98 Å². The minimum absolute atomic E-state index is 0.246. The zero-order chi connectivity index (χ0) is 17.6. The summed E-state index contributed by atoms with van der Waals surface area (Å²) < 4.78 is 10.6. The van der Waals surface area contributed by atoms with Crippen LogP contribution in [0.2, 0.25) is 5.02 Å². The maximum Gasteiger partial charge on any atom is 0.248 e. The van der Waals surface area contributed by atoms with Crippen LogP contribution in [0.25, 0.3) is 17.4 Å². The van der Waals surface area contributed by atoms with Crippen LogP contribution in [0.15, 0.2) is 65.5 Å². The van der Waals surface area contributed by atoms with Crippen LogP contribution in [-0.4, -0.2) is 18.0 Å². The van der Waals surface area contributed by atoms with Crippen LogP contribution in [0.3, 0.4) is 0 Å². The van der Waals surface area contributed by atoms with Crippen LogP contribution < -0.4 is 10.1 Å². The average Bonchev–Trinajstić information content (AvgIpc) is 3.15. The molecule has 3 aromatic rings. The largest absolute Gasteiger partial charge is 0.496 e. The third-order valence-corrected chi connectivity index (χ3v) is 3.72. The van der Waals surface area contributed by atoms with Gasteiger partial charge in [-0.05, 0) is 35.9 Å². The lowest BCUT2D eigenvalue weighted by molar-refractivity contribution is -0.111. The first-order valence-corrected chi connectivity index (χ1v) is 7.85. The van der Waals surface area contributed by atoms with Crippen molar-refractivity contribution in [2.75, 3.05) is 12.4 Å². The highest BCUT2D eigenvalue weighted by molar-refractivity contribution is 6.30. The number of methoxy groups -OCH3 is 1. The molecule has 0 unspecified atom stereocenters. The van der Waals surface area contributed by atoms with Crippen molar-refractivity contribution in [3.05, 3.63) is 71.7 Å². The molecular formula is C19H15ClN2O3. The first-order chi connectivity index (χ1) is 12.2. The van der Waals surface area contributed by atoms with Gasteiger partial charge >= 0.3 is 0 Å². The van der Waals surface area contributed by atoms with Crippen molar-refractivity contribution in [2.24, 2.45) is 0 Å². The van der Waals surface area contributed by atoms with Gasteiger partial charge in [-0.3, -0.25) is 4.79 Å². The van der Waals surface area contributed by atoms with E-state index in [1.807, 2.05) is 12.1 Å². The maximum atomic E-state index is 12.1. The molecule has 0 radical (unpaired) electrons. The second-order valence-electron chi connectivity index (χ2n) is 5.15. The molecule has 6 heteroatoms. The van der Waals surface area contributed by atoms with E-state index in [0.29, 0.717) is 22.2 Å². The van der Waals surface area contributed by atoms with Crippen LogP contribution in [0.1, 0.15) is 5.56 Å². The van der Waals surface area contributed by atoms with E-state index in [1.54, 1.807) is 49.7 Å². The van der Waals surface area contributed by atoms with Crippen LogP contribution in [0.4, 0.5) is 5.69 Å². The van der Waals surface area contributed by atoms with Gasteiger partial charge in [0, 0.05) is 22.9 Å². The number of carbonyl (C=O) groups excluding carboxylic acids is 1. The molecular weight excluding hydrogens is 340 g/mol. The number of amides is 1. The Morgan fingerprint density at radius 1 is 1.24 bits per heavy atom. The Morgan fingerprint density at radius 3 is 2.72 bits per heavy atom. The van der Waals surface area contributed by atoms with E-state index in [2.05, 4.69) is 10.3 Å². The fourth-order valence-electron chi connectivity index (χ4n) is 2.25. The lowest BCUT2D eigenvalue weighted by atomic mass is 10.1. The predicted octanol–water partition coefficient (Wildman–Crippen LogP) is 4.66. The van der Waals surface area contributed by atoms with Crippen molar-refractivity contribution < 1.29 is 13.9 Å². The highest BCUT2D eigenvalue weighted by atomic mass is 35.5. The Kier molecular flexibility index (Phi) is 5.16. The summed E-state index contributed by atoms with van der Waals surface area (Å²) in [6.07, 6.45) is 6.13. The fourth-order valence-corrected chi connectivity index (χ4v) is 2.38. The third-order valence-electron chi connectivity index (χ3n) is 3.46. The number of carbonyl (C=O) groups is 1. The van der Waals surface area contributed by atoms with Gasteiger partial charge in [-0.2, -0.15) is 0 Å². The van der Waals surface area contributed by atoms with Gasteiger partial charge in [-0.25, -0.2) is 4.98 Å². The number of hydrogen-bond acceptors (Lipinski definition) is 4. The second-order valence-corrected chi connectivity index (χ2v) is 5.59. The molecule has 0 saturated carbocycles. The van der Waals surface area contributed by atoms with Crippen LogP contribution in [-0.2, 0) is 4.79 Å². The number of oxazole rings is 1. The molecule has 0 atom stereocenters. The van der Waals surface area contributed by atoms with Crippen molar-refractivity contribution in [1.29, 1.82) is 0 Å². The summed E-state index contributed by atoms with van der Waals surface area (Å²) in [6, 6.07) is 12.5. The number of benzene rings is 2. The number of nitrogens with zero attached hydrogens (tertiary/aromatic N) is 1. The molecule has 0 spiro atoms. The van der Waals surface area contributed by atoms with Crippen molar-refractivity contribution >= 4 is 29.3 Å². The van der Waals surface area contributed by atoms with Gasteiger partial charge in [0.05, 0.1) is 18.9 Å². The minimum atomic E-state index is -0.246. The topological polar surface area (TPSA) is 64.4 Å². The summed E-state index contributed by atoms with van der Waals surface area (Å²) in [5.74, 6) is 0.929. The number of ether oxygens (including phenoxy) is 1. The molecule has 25 heavy (non-hydrogen) atoms. The number of halogens is 1. The lowest BCUT2D eigenvalue weighted by Crippen LogP contribution is -2.07. The molecule has 0 aliphatic carbocycles. The van der Waals surface area contributed by atoms with Gasteiger partial charge in [-0.15, -0.1) is 0 Å². The van der Waals surface area contributed by atoms with Gasteiger partial charge in [0.2, 0.25) is 5.91 Å². The standard InChI is InChI=1S/C19H15ClN2O3/c1-24-17-10-15(7-8-16(17)18-11-21-12-25-18)22-19(23)9-4-13-2-5-14(20)6-3-13/h2-12H,1H3,(H,22,23)/b9-4+. The van der Waals surface area contributed by atoms with Gasteiger partial charge in [0.25, 0.3) is 0 Å². The smallest absolute Gasteiger partial charge is 0.248 e. The normalized spacial score (nSPS) is 10.8. The average molecular weight is 355 g/mol. The van der Waals surface area contributed by atoms with Gasteiger partial charge < -0.3 is 14.5 Å². The van der Waals surface area contributed by atoms with Crippen LogP contribution in [0, 0.1) is 0 Å². The van der Waals surface area contributed by atoms with Crippen molar-refractivity contribution in [3.8, 4) is 17.1 Å². The Labute approximate surface area is 149 Å². The molecule has 0 saturated heterocycles. The highest BCUT2D eigenvalue weighted by Crippen LogP contribution is 2.32. The summed E-state index contributed by atoms with van der Waals surface area (Å²) in [5, 5.41) is 3.45. The number of aromatic nitrogens is 1. The molecule has 2 aromatic carbocycles. The first kappa shape index (κ1) is 16.8. The van der Waals surface area contributed by atoms with E-state index >= 15 is 0 Å². The maximum absolute atomic E-state index is 12.1. The number of hydrogen-bond donors (Lipinski definition) is 1. The molecule has 0 aliphatic rings. The fraction of sp³-hybridized carbons (Fsp3) is 0.0526. The highest BCUT2D eigenvalue weighted by Gasteiger charge is 2.10. The monoisotopic (exact) mass is 354 g/mol. The third kappa shape index (κ3) is 4.28. The summed E-state index contributed by atoms with van der Waals surface area (Å²) >= 11 is 5.83. The van der Waals surface area contributed by atoms with Crippen molar-refractivity contribution in [3.63, 3.8) is 0 Å². The molecule has 0 aliphatic heterocycles. The zero-order valence-electron chi connectivity index (χ0n) is 13.4. The van der Waals surface area contributed by atoms with Crippen LogP contribution >= 0.6 is 11.6 Å². The van der Waals surface area contributed by atoms with Gasteiger partial charge in [-0.1, -0.05) is 23.7 Å². The minimum Gasteiger partial charge on any atom is -0.496 e. The summed E-state index contributed by atoms with van der Waals surface area (Å²) in [6.45, 7) is 0. The summed E-state index contributed by atoms with van der Waals surface area (Å²) in [7, 11) is 1.56. The Hall–Kier alpha value is -3.05. The molecule has 1 heterocycles. The van der Waals surface area contributed by atoms with E-state index < -0.39 is 0 Å². The molecule has 0 fully saturated rings. The predicted molar refractivity (Wildman–Crippen MR) is 97.6 cm³/mol. The molecule has 1 amide bonds. The van der Waals surface area contributed by atoms with Crippen LogP contribution in [0.5, 0.6) is 5.75 Å². The molecule has 3 rings (SSSR count). The van der Waals surface area contributed by atoms with Gasteiger partial charge in [0.15, 0.2) is 12.2 Å². The van der Waals surface area contributed by atoms with E-state index in [-0.39, 0.29) is 5.91 Å². The second kappa shape index (κ2) is 7.68. The molecule has 0 bridgehead atoms. The Balaban J connectivity index is 1.72. The van der Waals surface area contributed by atoms with Crippen molar-refractivity contribution in [2.45, 2.75) is 0 Å². The molecule has 126 valence electrons. The zero-order valence-corrected chi connectivity index (χ0v) is 14.2. The van der Waals surface area contributed by atoms with E-state index in [0.717, 1.165) is 11.1 Å². The van der Waals surface area contributed by atoms with Gasteiger partial charge in [0.1, 0.15) is 5.75 Å². The quantitative estimate of drug-likeness (QED) is 0.677. The first-order valence-electron chi connectivity index (χ1n) is 7.47. The van der Waals surface area contributed by atoms with E-state index in [4.69, 9.17) is 20.8 Å². The number of rotatable bonds is 5. The molecule has 1 N–H and O–H groups in total. The van der Waals surface area contributed by atoms with E-state index in [9.17, 15) is 4.79 Å². The summed E-state index contributed by atoms with van der Waals surface area (Å²) in [5.41, 5.74) is 2.26. The summed E-state index contributed by atoms with van der Waals surface area (Å²) in [4.78, 5) is 16.0. The van der Waals surface area contributed by atoms with E-state index in [1.165, 1.54) is 12.5 Å². The lowest BCUT2D eigenvalue weighted by Gasteiger charge is -2.09. The Morgan fingerprint density at radius 2 is 2.04 bits per heavy atom.